The second kappa shape index (κ2) is 4.36. The van der Waals surface area contributed by atoms with Gasteiger partial charge in [-0.2, -0.15) is 9.61 Å². The third-order valence-corrected chi connectivity index (χ3v) is 4.16. The van der Waals surface area contributed by atoms with E-state index in [9.17, 15) is 0 Å². The predicted octanol–water partition coefficient (Wildman–Crippen LogP) is 2.46. The molecule has 5 nitrogen and oxygen atoms in total. The molecule has 0 aliphatic carbocycles. The van der Waals surface area contributed by atoms with Crippen molar-refractivity contribution >= 4 is 27.1 Å². The fourth-order valence-electron chi connectivity index (χ4n) is 2.33. The summed E-state index contributed by atoms with van der Waals surface area (Å²) in [4.78, 5) is 0.772. The highest BCUT2D eigenvalue weighted by molar-refractivity contribution is 7.16. The summed E-state index contributed by atoms with van der Waals surface area (Å²) in [5.74, 6) is 0.757. The molecule has 0 fully saturated rings. The van der Waals surface area contributed by atoms with Gasteiger partial charge in [0.2, 0.25) is 4.96 Å². The van der Waals surface area contributed by atoms with Crippen LogP contribution in [-0.2, 0) is 6.54 Å². The van der Waals surface area contributed by atoms with Crippen LogP contribution in [0.15, 0.2) is 42.5 Å². The Labute approximate surface area is 118 Å². The van der Waals surface area contributed by atoms with Crippen LogP contribution >= 0.6 is 11.3 Å². The minimum absolute atomic E-state index is 0.420. The van der Waals surface area contributed by atoms with Crippen molar-refractivity contribution in [2.75, 3.05) is 0 Å². The first kappa shape index (κ1) is 11.5. The van der Waals surface area contributed by atoms with Gasteiger partial charge in [0, 0.05) is 12.1 Å². The van der Waals surface area contributed by atoms with Gasteiger partial charge in [-0.15, -0.1) is 10.2 Å². The second-order valence-corrected chi connectivity index (χ2v) is 5.49. The van der Waals surface area contributed by atoms with Crippen molar-refractivity contribution in [3.63, 3.8) is 0 Å². The maximum absolute atomic E-state index is 5.64. The van der Waals surface area contributed by atoms with Gasteiger partial charge in [0.05, 0.1) is 0 Å². The Kier molecular flexibility index (Phi) is 2.51. The van der Waals surface area contributed by atoms with Crippen LogP contribution in [0.2, 0.25) is 0 Å². The Morgan fingerprint density at radius 1 is 1.05 bits per heavy atom. The first-order valence-electron chi connectivity index (χ1n) is 6.26. The van der Waals surface area contributed by atoms with E-state index in [0.717, 1.165) is 26.7 Å². The normalized spacial score (nSPS) is 11.4. The van der Waals surface area contributed by atoms with Crippen LogP contribution in [0.4, 0.5) is 0 Å². The van der Waals surface area contributed by atoms with E-state index < -0.39 is 0 Å². The van der Waals surface area contributed by atoms with Crippen molar-refractivity contribution < 1.29 is 0 Å². The number of hydrogen-bond donors (Lipinski definition) is 1. The van der Waals surface area contributed by atoms with Gasteiger partial charge in [-0.1, -0.05) is 53.8 Å². The van der Waals surface area contributed by atoms with Crippen LogP contribution in [0.3, 0.4) is 0 Å². The van der Waals surface area contributed by atoms with Crippen molar-refractivity contribution in [1.29, 1.82) is 0 Å². The first-order chi connectivity index (χ1) is 9.86. The Morgan fingerprint density at radius 2 is 1.90 bits per heavy atom. The number of nitrogens with zero attached hydrogens (tertiary/aromatic N) is 4. The number of benzene rings is 2. The van der Waals surface area contributed by atoms with Crippen LogP contribution in [-0.4, -0.2) is 19.8 Å². The van der Waals surface area contributed by atoms with Crippen molar-refractivity contribution in [3.8, 4) is 11.4 Å². The molecule has 4 aromatic rings. The topological polar surface area (TPSA) is 69.1 Å². The summed E-state index contributed by atoms with van der Waals surface area (Å²) in [7, 11) is 0. The molecule has 0 bridgehead atoms. The molecular formula is C14H11N5S. The smallest absolute Gasteiger partial charge is 0.235 e. The molecule has 2 N–H and O–H groups in total. The molecule has 0 aliphatic heterocycles. The van der Waals surface area contributed by atoms with Crippen molar-refractivity contribution in [1.82, 2.24) is 19.8 Å². The monoisotopic (exact) mass is 281 g/mol. The van der Waals surface area contributed by atoms with Gasteiger partial charge in [0.15, 0.2) is 5.82 Å². The number of nitrogens with two attached hydrogens (primary N) is 1. The summed E-state index contributed by atoms with van der Waals surface area (Å²) in [5.41, 5.74) is 6.67. The molecule has 2 heterocycles. The van der Waals surface area contributed by atoms with E-state index in [2.05, 4.69) is 33.5 Å². The van der Waals surface area contributed by atoms with Gasteiger partial charge in [0.25, 0.3) is 0 Å². The number of fused-ring (bicyclic) bond motifs is 2. The van der Waals surface area contributed by atoms with Crippen molar-refractivity contribution in [2.45, 2.75) is 6.54 Å². The molecule has 0 amide bonds. The molecular weight excluding hydrogens is 270 g/mol. The standard InChI is InChI=1S/C14H11N5S/c15-8-12-18-19-13(16-17-14(19)20-12)11-7-3-5-9-4-1-2-6-10(9)11/h1-7H,8,15H2. The molecule has 98 valence electrons. The lowest BCUT2D eigenvalue weighted by atomic mass is 10.0. The number of hydrogen-bond acceptors (Lipinski definition) is 5. The molecule has 0 radical (unpaired) electrons. The highest BCUT2D eigenvalue weighted by Gasteiger charge is 2.14. The largest absolute Gasteiger partial charge is 0.324 e. The third-order valence-electron chi connectivity index (χ3n) is 3.24. The first-order valence-corrected chi connectivity index (χ1v) is 7.08. The fourth-order valence-corrected chi connectivity index (χ4v) is 3.04. The van der Waals surface area contributed by atoms with Gasteiger partial charge in [0.1, 0.15) is 5.01 Å². The van der Waals surface area contributed by atoms with E-state index in [4.69, 9.17) is 5.73 Å². The lowest BCUT2D eigenvalue weighted by Crippen LogP contribution is -1.98. The minimum Gasteiger partial charge on any atom is -0.324 e. The number of aromatic nitrogens is 4. The fraction of sp³-hybridized carbons (Fsp3) is 0.0714. The zero-order valence-electron chi connectivity index (χ0n) is 10.5. The van der Waals surface area contributed by atoms with E-state index in [0.29, 0.717) is 6.54 Å². The molecule has 20 heavy (non-hydrogen) atoms. The van der Waals surface area contributed by atoms with E-state index in [1.165, 1.54) is 16.7 Å². The Balaban J connectivity index is 2.03. The maximum Gasteiger partial charge on any atom is 0.235 e. The molecule has 2 aromatic heterocycles. The highest BCUT2D eigenvalue weighted by Crippen LogP contribution is 2.28. The minimum atomic E-state index is 0.420. The van der Waals surface area contributed by atoms with Gasteiger partial charge in [-0.3, -0.25) is 0 Å². The van der Waals surface area contributed by atoms with Crippen LogP contribution in [0.5, 0.6) is 0 Å². The Hall–Kier alpha value is -2.31. The molecule has 0 spiro atoms. The van der Waals surface area contributed by atoms with Crippen molar-refractivity contribution in [3.05, 3.63) is 47.5 Å². The SMILES string of the molecule is NCc1nn2c(-c3cccc4ccccc34)nnc2s1. The summed E-state index contributed by atoms with van der Waals surface area (Å²) < 4.78 is 1.77. The van der Waals surface area contributed by atoms with Crippen molar-refractivity contribution in [2.24, 2.45) is 5.73 Å². The van der Waals surface area contributed by atoms with Gasteiger partial charge >= 0.3 is 0 Å². The Morgan fingerprint density at radius 3 is 2.80 bits per heavy atom. The van der Waals surface area contributed by atoms with Gasteiger partial charge < -0.3 is 5.73 Å². The van der Waals surface area contributed by atoms with Gasteiger partial charge in [-0.05, 0) is 10.8 Å². The summed E-state index contributed by atoms with van der Waals surface area (Å²) in [6, 6.07) is 14.4. The van der Waals surface area contributed by atoms with Crippen LogP contribution < -0.4 is 5.73 Å². The quantitative estimate of drug-likeness (QED) is 0.613. The van der Waals surface area contributed by atoms with E-state index in [1.807, 2.05) is 24.3 Å². The molecule has 2 aromatic carbocycles. The summed E-state index contributed by atoms with van der Waals surface area (Å²) in [6.07, 6.45) is 0. The summed E-state index contributed by atoms with van der Waals surface area (Å²) in [6.45, 7) is 0.420. The second-order valence-electron chi connectivity index (χ2n) is 4.44. The zero-order chi connectivity index (χ0) is 13.5. The molecule has 4 rings (SSSR count). The van der Waals surface area contributed by atoms with E-state index in [1.54, 1.807) is 4.52 Å². The van der Waals surface area contributed by atoms with Crippen LogP contribution in [0, 0.1) is 0 Å². The molecule has 0 saturated heterocycles. The zero-order valence-corrected chi connectivity index (χ0v) is 11.3. The predicted molar refractivity (Wildman–Crippen MR) is 79.5 cm³/mol. The summed E-state index contributed by atoms with van der Waals surface area (Å²) >= 11 is 1.47. The van der Waals surface area contributed by atoms with Crippen LogP contribution in [0.25, 0.3) is 27.1 Å². The highest BCUT2D eigenvalue weighted by atomic mass is 32.1. The van der Waals surface area contributed by atoms with E-state index in [-0.39, 0.29) is 0 Å². The Bertz CT molecular complexity index is 903. The third kappa shape index (κ3) is 1.62. The molecule has 0 atom stereocenters. The van der Waals surface area contributed by atoms with E-state index >= 15 is 0 Å². The number of rotatable bonds is 2. The average molecular weight is 281 g/mol. The lowest BCUT2D eigenvalue weighted by molar-refractivity contribution is 0.895. The maximum atomic E-state index is 5.64. The molecule has 6 heteroatoms. The molecule has 0 saturated carbocycles. The van der Waals surface area contributed by atoms with Crippen LogP contribution in [0.1, 0.15) is 5.01 Å². The average Bonchev–Trinajstić information content (AvgIpc) is 3.06. The summed E-state index contributed by atoms with van der Waals surface area (Å²) in [5, 5.41) is 16.1. The molecule has 0 unspecified atom stereocenters. The molecule has 0 aliphatic rings. The van der Waals surface area contributed by atoms with Gasteiger partial charge in [-0.25, -0.2) is 0 Å². The lowest BCUT2D eigenvalue weighted by Gasteiger charge is -2.03.